The van der Waals surface area contributed by atoms with E-state index in [1.54, 1.807) is 36.4 Å². The molecule has 3 nitrogen and oxygen atoms in total. The van der Waals surface area contributed by atoms with Crippen molar-refractivity contribution >= 4 is 94.4 Å². The second-order valence-corrected chi connectivity index (χ2v) is 18.5. The number of fused-ring (bicyclic) bond motifs is 10. The number of hydrogen-bond acceptors (Lipinski definition) is 1. The molecule has 0 radical (unpaired) electrons. The molecule has 13 rings (SSSR count). The molecule has 0 aliphatic heterocycles. The van der Waals surface area contributed by atoms with Crippen molar-refractivity contribution in [2.45, 2.75) is 0 Å². The summed E-state index contributed by atoms with van der Waals surface area (Å²) < 4.78 is 227. The third-order valence-electron chi connectivity index (χ3n) is 11.8. The molecule has 3 heterocycles. The van der Waals surface area contributed by atoms with E-state index in [2.05, 4.69) is 4.57 Å². The fourth-order valence-electron chi connectivity index (χ4n) is 9.13. The molecule has 0 aliphatic carbocycles. The smallest absolute Gasteiger partial charge is 0.179 e. The first-order valence-corrected chi connectivity index (χ1v) is 22.1. The van der Waals surface area contributed by atoms with Crippen LogP contribution in [0.3, 0.4) is 0 Å². The van der Waals surface area contributed by atoms with Gasteiger partial charge in [-0.2, -0.15) is 0 Å². The average molecular weight is 856 g/mol. The van der Waals surface area contributed by atoms with Gasteiger partial charge in [0.25, 0.3) is 0 Å². The monoisotopic (exact) mass is 855 g/mol. The maximum absolute atomic E-state index is 10.4. The lowest BCUT2D eigenvalue weighted by atomic mass is 10.1. The number of nitrogens with zero attached hydrogens (tertiary/aromatic N) is 2. The SMILES string of the molecule is [2H]c1c([2H])c([2H])c(-c2c([2H])c([2H])c([Si](c3c([2H])c([2H])c([2H])c([2H])c3[2H])(c3c([2H])c([2H])c([2H])c([2H])c3[2H])c3c([2H])c([2H])c(-n4c5ccccc5c5cc(-n6c7ccccc7c7ccccc76)c6oc7ccccc7c6c54)c([2H])c3[2H])c([2H])c2[2H])c([2H])c1[2H]. The minimum atomic E-state index is -6.35. The highest BCUT2D eigenvalue weighted by Crippen LogP contribution is 2.45. The number of rotatable bonds is 7. The molecule has 0 saturated heterocycles. The largest absolute Gasteiger partial charge is 0.454 e. The summed E-state index contributed by atoms with van der Waals surface area (Å²) >= 11 is 0. The highest BCUT2D eigenvalue weighted by Gasteiger charge is 2.41. The lowest BCUT2D eigenvalue weighted by Gasteiger charge is -2.34. The number of para-hydroxylation sites is 4. The van der Waals surface area contributed by atoms with Crippen molar-refractivity contribution in [3.63, 3.8) is 0 Å². The molecule has 10 aromatic carbocycles. The lowest BCUT2D eigenvalue weighted by molar-refractivity contribution is 0.666. The quantitative estimate of drug-likeness (QED) is 0.116. The van der Waals surface area contributed by atoms with Gasteiger partial charge in [-0.1, -0.05) is 200 Å². The molecule has 0 N–H and O–H groups in total. The molecule has 0 unspecified atom stereocenters. The Kier molecular flexibility index (Phi) is 4.59. The fourth-order valence-corrected chi connectivity index (χ4v) is 12.6. The third-order valence-corrected chi connectivity index (χ3v) is 15.8. The van der Waals surface area contributed by atoms with Crippen molar-refractivity contribution in [2.24, 2.45) is 0 Å². The summed E-state index contributed by atoms with van der Waals surface area (Å²) in [6, 6.07) is 6.99. The number of benzene rings is 10. The van der Waals surface area contributed by atoms with Gasteiger partial charge in [-0.15, -0.1) is 0 Å². The first-order chi connectivity index (χ1) is 41.3. The average Bonchev–Trinajstić information content (AvgIpc) is 1.28. The van der Waals surface area contributed by atoms with Gasteiger partial charge >= 0.3 is 0 Å². The summed E-state index contributed by atoms with van der Waals surface area (Å²) in [5.41, 5.74) is 1.61. The Morgan fingerprint density at radius 3 is 1.41 bits per heavy atom. The predicted molar refractivity (Wildman–Crippen MR) is 271 cm³/mol. The number of furan rings is 1. The maximum atomic E-state index is 10.4. The molecule has 0 amide bonds. The van der Waals surface area contributed by atoms with Gasteiger partial charge < -0.3 is 13.6 Å². The topological polar surface area (TPSA) is 23.0 Å². The summed E-state index contributed by atoms with van der Waals surface area (Å²) in [6.07, 6.45) is 0. The van der Waals surface area contributed by atoms with E-state index >= 15 is 0 Å². The predicted octanol–water partition coefficient (Wildman–Crippen LogP) is 12.8. The van der Waals surface area contributed by atoms with Crippen LogP contribution in [-0.2, 0) is 0 Å². The molecule has 300 valence electrons. The van der Waals surface area contributed by atoms with Gasteiger partial charge in [0.05, 0.1) is 64.7 Å². The summed E-state index contributed by atoms with van der Waals surface area (Å²) in [5.74, 6) is 0. The van der Waals surface area contributed by atoms with Crippen molar-refractivity contribution in [3.05, 3.63) is 242 Å². The number of hydrogen-bond donors (Lipinski definition) is 0. The van der Waals surface area contributed by atoms with Crippen LogP contribution in [0.1, 0.15) is 31.5 Å². The highest BCUT2D eigenvalue weighted by atomic mass is 28.3. The van der Waals surface area contributed by atoms with Gasteiger partial charge in [0.2, 0.25) is 0 Å². The van der Waals surface area contributed by atoms with Crippen molar-refractivity contribution in [1.29, 1.82) is 0 Å². The van der Waals surface area contributed by atoms with Gasteiger partial charge in [0, 0.05) is 32.6 Å². The zero-order chi connectivity index (χ0) is 62.2. The first-order valence-electron chi connectivity index (χ1n) is 31.6. The van der Waals surface area contributed by atoms with E-state index in [0.29, 0.717) is 49.4 Å². The van der Waals surface area contributed by atoms with E-state index in [-0.39, 0.29) is 0 Å². The Labute approximate surface area is 403 Å². The van der Waals surface area contributed by atoms with Crippen LogP contribution in [0.15, 0.2) is 247 Å². The molecule has 4 heteroatoms. The van der Waals surface area contributed by atoms with Gasteiger partial charge in [0.1, 0.15) is 5.58 Å². The molecule has 0 saturated carbocycles. The normalized spacial score (nSPS) is 17.1. The van der Waals surface area contributed by atoms with Crippen LogP contribution in [0.2, 0.25) is 0 Å². The Bertz CT molecular complexity index is 5030. The summed E-state index contributed by atoms with van der Waals surface area (Å²) in [4.78, 5) is 0. The molecule has 0 spiro atoms. The van der Waals surface area contributed by atoms with Crippen LogP contribution in [0.5, 0.6) is 0 Å². The zero-order valence-electron chi connectivity index (χ0n) is 56.1. The molecule has 0 aliphatic rings. The maximum Gasteiger partial charge on any atom is 0.179 e. The van der Waals surface area contributed by atoms with Crippen LogP contribution in [0, 0.1) is 0 Å². The lowest BCUT2D eigenvalue weighted by Crippen LogP contribution is -2.74. The van der Waals surface area contributed by atoms with Crippen molar-refractivity contribution in [1.82, 2.24) is 9.13 Å². The van der Waals surface area contributed by atoms with E-state index in [9.17, 15) is 16.4 Å². The van der Waals surface area contributed by atoms with Gasteiger partial charge in [-0.25, -0.2) is 0 Å². The van der Waals surface area contributed by atoms with Crippen molar-refractivity contribution in [2.75, 3.05) is 0 Å². The van der Waals surface area contributed by atoms with E-state index in [1.165, 1.54) is 4.57 Å². The summed E-state index contributed by atoms with van der Waals surface area (Å²) in [6.45, 7) is 0. The minimum absolute atomic E-state index is 0.330. The van der Waals surface area contributed by atoms with Crippen LogP contribution >= 0.6 is 0 Å². The molecule has 0 atom stereocenters. The first kappa shape index (κ1) is 20.3. The standard InChI is InChI=1S/C60H40N2OSi/c1-4-18-41(19-5-1)42-32-36-46(37-33-42)64(44-20-6-2-7-21-44,45-22-8-3-9-23-45)47-38-34-43(35-39-47)61-53-28-14-12-26-50(53)52-40-56(60-58(59(52)61)51-27-13-17-31-57(51)63-60)62-54-29-15-10-24-48(54)49-25-11-16-30-55(49)62/h1-40H/i1D,2D,3D,4D,5D,6D,7D,8D,9D,18D,19D,20D,21D,22D,23D,32D,33D,34D,35D,36D,37D,38D,39D. The Morgan fingerprint density at radius 1 is 0.391 bits per heavy atom. The van der Waals surface area contributed by atoms with Crippen molar-refractivity contribution < 1.29 is 35.9 Å². The van der Waals surface area contributed by atoms with Crippen molar-refractivity contribution in [3.8, 4) is 22.5 Å². The highest BCUT2D eigenvalue weighted by molar-refractivity contribution is 7.19. The van der Waals surface area contributed by atoms with Crippen LogP contribution in [0.25, 0.3) is 88.1 Å². The second kappa shape index (κ2) is 14.5. The zero-order valence-corrected chi connectivity index (χ0v) is 34.1. The van der Waals surface area contributed by atoms with Crippen LogP contribution in [0.4, 0.5) is 0 Å². The summed E-state index contributed by atoms with van der Waals surface area (Å²) in [5, 5.41) is -0.108. The van der Waals surface area contributed by atoms with E-state index in [0.717, 1.165) is 21.8 Å². The Morgan fingerprint density at radius 2 is 0.828 bits per heavy atom. The third kappa shape index (κ3) is 5.33. The molecular formula is C60H40N2OSi. The Balaban J connectivity index is 1.24. The molecule has 13 aromatic rings. The fraction of sp³-hybridized carbons (Fsp3) is 0. The van der Waals surface area contributed by atoms with Gasteiger partial charge in [-0.3, -0.25) is 0 Å². The second-order valence-electron chi connectivity index (χ2n) is 15.0. The molecule has 64 heavy (non-hydrogen) atoms. The van der Waals surface area contributed by atoms with Crippen LogP contribution < -0.4 is 20.7 Å². The van der Waals surface area contributed by atoms with Gasteiger partial charge in [-0.05, 0) is 74.3 Å². The summed E-state index contributed by atoms with van der Waals surface area (Å²) in [7, 11) is -6.35. The molecule has 0 bridgehead atoms. The number of aromatic nitrogens is 2. The molecule has 0 fully saturated rings. The van der Waals surface area contributed by atoms with E-state index in [4.69, 9.17) is 19.5 Å². The van der Waals surface area contributed by atoms with E-state index in [1.807, 2.05) is 66.7 Å². The van der Waals surface area contributed by atoms with E-state index < -0.39 is 185 Å². The minimum Gasteiger partial charge on any atom is -0.454 e. The molecular weight excluding hydrogens is 793 g/mol. The van der Waals surface area contributed by atoms with Gasteiger partial charge in [0.15, 0.2) is 13.7 Å². The molecule has 3 aromatic heterocycles. The van der Waals surface area contributed by atoms with Crippen LogP contribution in [-0.4, -0.2) is 17.2 Å². The Hall–Kier alpha value is -8.18.